The fourth-order valence-electron chi connectivity index (χ4n) is 2.59. The first-order valence-corrected chi connectivity index (χ1v) is 9.64. The molecule has 0 fully saturated rings. The summed E-state index contributed by atoms with van der Waals surface area (Å²) in [6.45, 7) is 7.36. The van der Waals surface area contributed by atoms with Gasteiger partial charge in [0.05, 0.1) is 7.11 Å². The molecule has 1 N–H and O–H groups in total. The van der Waals surface area contributed by atoms with Crippen molar-refractivity contribution in [2.45, 2.75) is 55.7 Å². The van der Waals surface area contributed by atoms with Crippen molar-refractivity contribution in [2.75, 3.05) is 12.9 Å². The van der Waals surface area contributed by atoms with Gasteiger partial charge in [-0.15, -0.1) is 11.8 Å². The minimum absolute atomic E-state index is 0.217. The Kier molecular flexibility index (Phi) is 4.82. The van der Waals surface area contributed by atoms with Crippen molar-refractivity contribution < 1.29 is 18.3 Å². The van der Waals surface area contributed by atoms with E-state index in [2.05, 4.69) is 0 Å². The second-order valence-electron chi connectivity index (χ2n) is 6.24. The summed E-state index contributed by atoms with van der Waals surface area (Å²) in [6, 6.07) is 3.34. The number of ether oxygens (including phenoxy) is 1. The maximum Gasteiger partial charge on any atom is 0.247 e. The van der Waals surface area contributed by atoms with Crippen LogP contribution in [0, 0.1) is 0 Å². The number of nitrogens with zero attached hydrogens (tertiary/aromatic N) is 1. The molecule has 0 aromatic heterocycles. The summed E-state index contributed by atoms with van der Waals surface area (Å²) in [5.74, 6) is 1.36. The van der Waals surface area contributed by atoms with Crippen LogP contribution in [0.5, 0.6) is 5.75 Å². The van der Waals surface area contributed by atoms with Crippen molar-refractivity contribution in [1.29, 1.82) is 0 Å². The fraction of sp³-hybridized carbons (Fsp3) is 0.600. The molecule has 1 heterocycles. The maximum atomic E-state index is 12.9. The number of sulfonamides is 1. The number of hydrogen-bond acceptors (Lipinski definition) is 5. The van der Waals surface area contributed by atoms with Crippen LogP contribution >= 0.6 is 11.8 Å². The largest absolute Gasteiger partial charge is 0.497 e. The average Bonchev–Trinajstić information content (AvgIpc) is 2.62. The van der Waals surface area contributed by atoms with E-state index in [1.165, 1.54) is 23.2 Å². The molecule has 0 aliphatic carbocycles. The molecule has 0 spiro atoms. The molecule has 22 heavy (non-hydrogen) atoms. The maximum absolute atomic E-state index is 12.9. The van der Waals surface area contributed by atoms with E-state index < -0.39 is 21.8 Å². The molecular formula is C15H23NO4S2. The lowest BCUT2D eigenvalue weighted by molar-refractivity contribution is 0.0206. The van der Waals surface area contributed by atoms with E-state index in [1.807, 2.05) is 6.92 Å². The first kappa shape index (κ1) is 17.6. The van der Waals surface area contributed by atoms with E-state index in [9.17, 15) is 13.5 Å². The van der Waals surface area contributed by atoms with Gasteiger partial charge in [0.25, 0.3) is 0 Å². The molecule has 1 aromatic rings. The van der Waals surface area contributed by atoms with Gasteiger partial charge in [-0.2, -0.15) is 4.31 Å². The zero-order chi connectivity index (χ0) is 16.7. The highest BCUT2D eigenvalue weighted by molar-refractivity contribution is 8.00. The van der Waals surface area contributed by atoms with Gasteiger partial charge in [-0.3, -0.25) is 0 Å². The van der Waals surface area contributed by atoms with E-state index in [4.69, 9.17) is 4.74 Å². The number of methoxy groups -OCH3 is 1. The van der Waals surface area contributed by atoms with E-state index in [0.29, 0.717) is 16.2 Å². The van der Waals surface area contributed by atoms with Gasteiger partial charge in [-0.05, 0) is 45.1 Å². The summed E-state index contributed by atoms with van der Waals surface area (Å²) in [6.07, 6.45) is -0.251. The van der Waals surface area contributed by atoms with Crippen LogP contribution in [0.1, 0.15) is 45.9 Å². The quantitative estimate of drug-likeness (QED) is 0.850. The lowest BCUT2D eigenvalue weighted by Crippen LogP contribution is -2.43. The topological polar surface area (TPSA) is 66.8 Å². The minimum Gasteiger partial charge on any atom is -0.497 e. The molecule has 0 bridgehead atoms. The zero-order valence-electron chi connectivity index (χ0n) is 13.6. The lowest BCUT2D eigenvalue weighted by Gasteiger charge is -2.32. The van der Waals surface area contributed by atoms with Crippen molar-refractivity contribution in [3.63, 3.8) is 0 Å². The fourth-order valence-corrected chi connectivity index (χ4v) is 6.02. The van der Waals surface area contributed by atoms with Crippen LogP contribution in [0.2, 0.25) is 0 Å². The van der Waals surface area contributed by atoms with E-state index in [1.54, 1.807) is 32.9 Å². The van der Waals surface area contributed by atoms with Gasteiger partial charge in [0.15, 0.2) is 0 Å². The summed E-state index contributed by atoms with van der Waals surface area (Å²) in [7, 11) is -2.20. The number of fused-ring (bicyclic) bond motifs is 1. The molecule has 5 nitrogen and oxygen atoms in total. The molecule has 0 amide bonds. The molecule has 7 heteroatoms. The Bertz CT molecular complexity index is 665. The Balaban J connectivity index is 2.68. The van der Waals surface area contributed by atoms with Gasteiger partial charge in [0, 0.05) is 16.0 Å². The van der Waals surface area contributed by atoms with Gasteiger partial charge < -0.3 is 9.84 Å². The van der Waals surface area contributed by atoms with Crippen LogP contribution in [-0.2, 0) is 10.0 Å². The molecule has 1 atom stereocenters. The number of rotatable bonds is 4. The Morgan fingerprint density at radius 1 is 1.36 bits per heavy atom. The van der Waals surface area contributed by atoms with Crippen molar-refractivity contribution >= 4 is 21.8 Å². The standard InChI is InChI=1S/C15H23NO4S2/c1-6-7-21-12-9-10(20-5)8-11-13(12)22(18,19)16(14(11)17)15(2,3)4/h8-9,14,17H,6-7H2,1-5H3. The van der Waals surface area contributed by atoms with Crippen LogP contribution in [0.3, 0.4) is 0 Å². The van der Waals surface area contributed by atoms with Crippen molar-refractivity contribution in [2.24, 2.45) is 0 Å². The second kappa shape index (κ2) is 6.03. The number of thioether (sulfide) groups is 1. The monoisotopic (exact) mass is 345 g/mol. The SMILES string of the molecule is CCCSc1cc(OC)cc2c1S(=O)(=O)N(C(C)(C)C)C2O. The molecule has 0 radical (unpaired) electrons. The summed E-state index contributed by atoms with van der Waals surface area (Å²) >= 11 is 1.48. The predicted molar refractivity (Wildman–Crippen MR) is 87.7 cm³/mol. The molecule has 1 unspecified atom stereocenters. The zero-order valence-corrected chi connectivity index (χ0v) is 15.2. The van der Waals surface area contributed by atoms with Crippen molar-refractivity contribution in [3.8, 4) is 5.75 Å². The summed E-state index contributed by atoms with van der Waals surface area (Å²) in [5.41, 5.74) is -0.315. The van der Waals surface area contributed by atoms with Gasteiger partial charge in [0.2, 0.25) is 10.0 Å². The number of aliphatic hydroxyl groups is 1. The second-order valence-corrected chi connectivity index (χ2v) is 9.13. The smallest absolute Gasteiger partial charge is 0.247 e. The highest BCUT2D eigenvalue weighted by Crippen LogP contribution is 2.48. The third kappa shape index (κ3) is 2.87. The van der Waals surface area contributed by atoms with Crippen LogP contribution in [0.4, 0.5) is 0 Å². The molecule has 124 valence electrons. The van der Waals surface area contributed by atoms with E-state index >= 15 is 0 Å². The van der Waals surface area contributed by atoms with Crippen molar-refractivity contribution in [1.82, 2.24) is 4.31 Å². The van der Waals surface area contributed by atoms with Crippen LogP contribution in [-0.4, -0.2) is 36.2 Å². The normalized spacial score (nSPS) is 20.9. The van der Waals surface area contributed by atoms with Gasteiger partial charge in [-0.1, -0.05) is 6.92 Å². The summed E-state index contributed by atoms with van der Waals surface area (Å²) in [5, 5.41) is 10.6. The third-order valence-corrected chi connectivity index (χ3v) is 7.04. The van der Waals surface area contributed by atoms with Crippen molar-refractivity contribution in [3.05, 3.63) is 17.7 Å². The summed E-state index contributed by atoms with van der Waals surface area (Å²) < 4.78 is 32.3. The van der Waals surface area contributed by atoms with Crippen LogP contribution < -0.4 is 4.74 Å². The Hall–Kier alpha value is -0.760. The predicted octanol–water partition coefficient (Wildman–Crippen LogP) is 2.99. The molecule has 2 rings (SSSR count). The van der Waals surface area contributed by atoms with E-state index in [0.717, 1.165) is 12.2 Å². The lowest BCUT2D eigenvalue weighted by atomic mass is 10.1. The molecule has 1 aliphatic heterocycles. The number of hydrogen-bond donors (Lipinski definition) is 1. The molecule has 1 aromatic carbocycles. The summed E-state index contributed by atoms with van der Waals surface area (Å²) in [4.78, 5) is 0.858. The third-order valence-electron chi connectivity index (χ3n) is 3.43. The van der Waals surface area contributed by atoms with Gasteiger partial charge >= 0.3 is 0 Å². The first-order valence-electron chi connectivity index (χ1n) is 7.22. The van der Waals surface area contributed by atoms with Gasteiger partial charge in [-0.25, -0.2) is 8.42 Å². The molecule has 0 saturated heterocycles. The Morgan fingerprint density at radius 2 is 2.00 bits per heavy atom. The average molecular weight is 345 g/mol. The number of benzene rings is 1. The van der Waals surface area contributed by atoms with Gasteiger partial charge in [0.1, 0.15) is 16.9 Å². The molecule has 0 saturated carbocycles. The van der Waals surface area contributed by atoms with Crippen LogP contribution in [0.15, 0.2) is 21.9 Å². The Labute approximate surface area is 136 Å². The first-order chi connectivity index (χ1) is 10.1. The Morgan fingerprint density at radius 3 is 2.50 bits per heavy atom. The molecule has 1 aliphatic rings. The highest BCUT2D eigenvalue weighted by atomic mass is 32.2. The number of aliphatic hydroxyl groups excluding tert-OH is 1. The van der Waals surface area contributed by atoms with E-state index in [-0.39, 0.29) is 4.90 Å². The molecular weight excluding hydrogens is 322 g/mol. The highest BCUT2D eigenvalue weighted by Gasteiger charge is 2.49. The van der Waals surface area contributed by atoms with Crippen LogP contribution in [0.25, 0.3) is 0 Å². The minimum atomic E-state index is -3.73.